The normalized spacial score (nSPS) is 32.4. The van der Waals surface area contributed by atoms with Crippen LogP contribution in [0.25, 0.3) is 0 Å². The molecular weight excluding hydrogens is 965 g/mol. The number of hydrogen-bond donors (Lipinski definition) is 14. The molecule has 0 aromatic carbocycles. The van der Waals surface area contributed by atoms with Crippen LogP contribution in [0.2, 0.25) is 0 Å². The van der Waals surface area contributed by atoms with Crippen molar-refractivity contribution in [2.45, 2.75) is 272 Å². The Hall–Kier alpha value is -2.27. The molecule has 18 atom stereocenters. The molecule has 3 rings (SSSR count). The SMILES string of the molecule is CCCCCCCCCCCCC(O)C(COC1OC(CO)C(OC2OC(CO)C(O)C(OC3(C(=O)O)CC(O)C(NC(C)=O)C(C(O)C(O)CO)O3)C2O)C(O)C1O)NC(=O)CCCCCCCCCCC. The van der Waals surface area contributed by atoms with Gasteiger partial charge in [-0.15, -0.1) is 0 Å². The molecule has 0 aliphatic carbocycles. The third-order valence-corrected chi connectivity index (χ3v) is 14.1. The average molecular weight is 1060 g/mol. The van der Waals surface area contributed by atoms with Gasteiger partial charge in [-0.25, -0.2) is 4.79 Å². The fourth-order valence-corrected chi connectivity index (χ4v) is 9.65. The van der Waals surface area contributed by atoms with Crippen molar-refractivity contribution in [1.82, 2.24) is 10.6 Å². The van der Waals surface area contributed by atoms with Crippen LogP contribution in [-0.2, 0) is 42.8 Å². The van der Waals surface area contributed by atoms with Gasteiger partial charge in [0.2, 0.25) is 11.8 Å². The van der Waals surface area contributed by atoms with Crippen molar-refractivity contribution in [2.24, 2.45) is 0 Å². The van der Waals surface area contributed by atoms with Crippen LogP contribution in [0.5, 0.6) is 0 Å². The van der Waals surface area contributed by atoms with Crippen molar-refractivity contribution in [2.75, 3.05) is 26.4 Å². The molecule has 2 amide bonds. The Kier molecular flexibility index (Phi) is 30.7. The minimum absolute atomic E-state index is 0.225. The third kappa shape index (κ3) is 20.6. The summed E-state index contributed by atoms with van der Waals surface area (Å²) in [6.07, 6.45) is -8.09. The van der Waals surface area contributed by atoms with E-state index in [1.165, 1.54) is 57.8 Å². The van der Waals surface area contributed by atoms with E-state index in [0.29, 0.717) is 19.3 Å². The van der Waals surface area contributed by atoms with Crippen molar-refractivity contribution in [3.63, 3.8) is 0 Å². The second-order valence-corrected chi connectivity index (χ2v) is 20.1. The fourth-order valence-electron chi connectivity index (χ4n) is 9.65. The van der Waals surface area contributed by atoms with Crippen molar-refractivity contribution in [3.8, 4) is 0 Å². The van der Waals surface area contributed by atoms with Gasteiger partial charge in [0.25, 0.3) is 5.79 Å². The smallest absolute Gasteiger partial charge is 0.364 e. The lowest BCUT2D eigenvalue weighted by atomic mass is 9.88. The summed E-state index contributed by atoms with van der Waals surface area (Å²) in [7, 11) is 0. The lowest BCUT2D eigenvalue weighted by Gasteiger charge is -2.50. The quantitative estimate of drug-likeness (QED) is 0.0361. The van der Waals surface area contributed by atoms with Crippen LogP contribution in [0.3, 0.4) is 0 Å². The highest BCUT2D eigenvalue weighted by Gasteiger charge is 2.60. The molecule has 23 nitrogen and oxygen atoms in total. The Morgan fingerprint density at radius 3 is 1.71 bits per heavy atom. The summed E-state index contributed by atoms with van der Waals surface area (Å²) in [4.78, 5) is 38.1. The van der Waals surface area contributed by atoms with Crippen LogP contribution in [0.4, 0.5) is 0 Å². The number of unbranched alkanes of at least 4 members (excludes halogenated alkanes) is 17. The number of aliphatic hydroxyl groups is 11. The van der Waals surface area contributed by atoms with E-state index in [1.807, 2.05) is 0 Å². The van der Waals surface area contributed by atoms with Gasteiger partial charge < -0.3 is 100 Å². The van der Waals surface area contributed by atoms with E-state index in [-0.39, 0.29) is 18.9 Å². The second kappa shape index (κ2) is 34.5. The highest BCUT2D eigenvalue weighted by atomic mass is 16.8. The van der Waals surface area contributed by atoms with E-state index in [0.717, 1.165) is 58.3 Å². The fraction of sp³-hybridized carbons (Fsp3) is 0.940. The van der Waals surface area contributed by atoms with Crippen LogP contribution < -0.4 is 10.6 Å². The van der Waals surface area contributed by atoms with E-state index < -0.39 is 148 Å². The first-order chi connectivity index (χ1) is 34.9. The summed E-state index contributed by atoms with van der Waals surface area (Å²) in [6, 6.07) is -2.52. The second-order valence-electron chi connectivity index (χ2n) is 20.1. The summed E-state index contributed by atoms with van der Waals surface area (Å²) in [5, 5.41) is 135. The Balaban J connectivity index is 1.73. The Morgan fingerprint density at radius 2 is 1.19 bits per heavy atom. The van der Waals surface area contributed by atoms with Crippen molar-refractivity contribution >= 4 is 17.8 Å². The van der Waals surface area contributed by atoms with Gasteiger partial charge in [-0.2, -0.15) is 0 Å². The molecule has 0 aromatic rings. The molecule has 0 spiro atoms. The predicted molar refractivity (Wildman–Crippen MR) is 260 cm³/mol. The van der Waals surface area contributed by atoms with E-state index in [4.69, 9.17) is 28.4 Å². The molecule has 0 radical (unpaired) electrons. The van der Waals surface area contributed by atoms with Crippen LogP contribution >= 0.6 is 0 Å². The Labute approximate surface area is 429 Å². The van der Waals surface area contributed by atoms with Gasteiger partial charge in [-0.3, -0.25) is 9.59 Å². The number of aliphatic hydroxyl groups excluding tert-OH is 11. The highest BCUT2D eigenvalue weighted by molar-refractivity contribution is 5.77. The number of amides is 2. The number of carbonyl (C=O) groups excluding carboxylic acids is 2. The van der Waals surface area contributed by atoms with Gasteiger partial charge in [0.15, 0.2) is 12.6 Å². The summed E-state index contributed by atoms with van der Waals surface area (Å²) < 4.78 is 34.5. The first-order valence-electron chi connectivity index (χ1n) is 26.9. The molecule has 73 heavy (non-hydrogen) atoms. The van der Waals surface area contributed by atoms with Crippen LogP contribution in [-0.4, -0.2) is 215 Å². The van der Waals surface area contributed by atoms with Crippen LogP contribution in [0.1, 0.15) is 162 Å². The molecule has 3 aliphatic heterocycles. The molecule has 0 saturated carbocycles. The average Bonchev–Trinajstić information content (AvgIpc) is 3.36. The summed E-state index contributed by atoms with van der Waals surface area (Å²) >= 11 is 0. The number of hydrogen-bond acceptors (Lipinski definition) is 20. The molecule has 23 heteroatoms. The number of carboxylic acid groups (broad SMARTS) is 1. The van der Waals surface area contributed by atoms with Gasteiger partial charge >= 0.3 is 5.97 Å². The molecule has 3 saturated heterocycles. The zero-order valence-electron chi connectivity index (χ0n) is 43.2. The van der Waals surface area contributed by atoms with Crippen molar-refractivity contribution in [3.05, 3.63) is 0 Å². The number of rotatable bonds is 37. The zero-order valence-corrected chi connectivity index (χ0v) is 43.2. The number of carbonyl (C=O) groups is 3. The third-order valence-electron chi connectivity index (χ3n) is 14.1. The maximum absolute atomic E-state index is 13.2. The molecule has 3 aliphatic rings. The zero-order chi connectivity index (χ0) is 54.1. The molecule has 14 N–H and O–H groups in total. The van der Waals surface area contributed by atoms with Gasteiger partial charge in [0.05, 0.1) is 50.7 Å². The molecule has 0 aromatic heterocycles. The summed E-state index contributed by atoms with van der Waals surface area (Å²) in [5.41, 5.74) is 0. The highest BCUT2D eigenvalue weighted by Crippen LogP contribution is 2.38. The minimum atomic E-state index is -3.07. The molecular formula is C50H92N2O21. The summed E-state index contributed by atoms with van der Waals surface area (Å²) in [6.45, 7) is 2.08. The predicted octanol–water partition coefficient (Wildman–Crippen LogP) is -0.121. The monoisotopic (exact) mass is 1060 g/mol. The lowest BCUT2D eigenvalue weighted by Crippen LogP contribution is -2.70. The van der Waals surface area contributed by atoms with Crippen LogP contribution in [0, 0.1) is 0 Å². The molecule has 3 fully saturated rings. The Morgan fingerprint density at radius 1 is 0.658 bits per heavy atom. The first-order valence-corrected chi connectivity index (χ1v) is 26.9. The van der Waals surface area contributed by atoms with E-state index in [9.17, 15) is 75.7 Å². The molecule has 3 heterocycles. The van der Waals surface area contributed by atoms with Crippen molar-refractivity contribution < 1.29 is 104 Å². The van der Waals surface area contributed by atoms with Gasteiger partial charge in [0, 0.05) is 19.8 Å². The van der Waals surface area contributed by atoms with E-state index >= 15 is 0 Å². The van der Waals surface area contributed by atoms with Gasteiger partial charge in [-0.05, 0) is 12.8 Å². The van der Waals surface area contributed by atoms with E-state index in [1.54, 1.807) is 0 Å². The Bertz CT molecular complexity index is 1540. The maximum Gasteiger partial charge on any atom is 0.364 e. The van der Waals surface area contributed by atoms with Crippen molar-refractivity contribution in [1.29, 1.82) is 0 Å². The molecule has 18 unspecified atom stereocenters. The first kappa shape index (κ1) is 65.0. The minimum Gasteiger partial charge on any atom is -0.477 e. The van der Waals surface area contributed by atoms with Crippen LogP contribution in [0.15, 0.2) is 0 Å². The largest absolute Gasteiger partial charge is 0.477 e. The number of carboxylic acids is 1. The molecule has 0 bridgehead atoms. The topological polar surface area (TPSA) is 373 Å². The lowest BCUT2D eigenvalue weighted by molar-refractivity contribution is -0.386. The van der Waals surface area contributed by atoms with Gasteiger partial charge in [-0.1, -0.05) is 129 Å². The number of aliphatic carboxylic acids is 1. The standard InChI is InChI=1S/C50H92N2O21/c1-4-6-8-10-12-14-16-17-19-21-23-32(57)31(52-37(60)24-22-20-18-15-13-11-9-7-5-2)29-68-47-42(64)41(63)44(36(28-55)70-47)71-48-43(65)46(40(62)35(27-54)69-48)73-50(49(66)67)25-33(58)38(51-30(3)56)45(72-50)39(61)34(59)26-53/h31-36,38-48,53-55,57-59,61-65H,4-29H2,1-3H3,(H,51,56)(H,52,60)(H,66,67). The van der Waals surface area contributed by atoms with E-state index in [2.05, 4.69) is 24.5 Å². The molecule has 428 valence electrons. The summed E-state index contributed by atoms with van der Waals surface area (Å²) in [5.74, 6) is -6.10. The number of ether oxygens (including phenoxy) is 6. The van der Waals surface area contributed by atoms with Gasteiger partial charge in [0.1, 0.15) is 67.1 Å². The maximum atomic E-state index is 13.2. The number of nitrogens with one attached hydrogen (secondary N) is 2.